The van der Waals surface area contributed by atoms with E-state index in [0.717, 1.165) is 62.0 Å². The van der Waals surface area contributed by atoms with Gasteiger partial charge in [-0.3, -0.25) is 9.69 Å². The number of alkyl halides is 3. The number of carbonyl (C=O) groups excluding carboxylic acids is 1. The fourth-order valence-electron chi connectivity index (χ4n) is 3.30. The molecule has 1 aliphatic rings. The number of hydrogen-bond donors (Lipinski definition) is 1. The van der Waals surface area contributed by atoms with Gasteiger partial charge in [-0.1, -0.05) is 11.6 Å². The summed E-state index contributed by atoms with van der Waals surface area (Å²) < 4.78 is 37.7. The lowest BCUT2D eigenvalue weighted by Crippen LogP contribution is -2.47. The van der Waals surface area contributed by atoms with Gasteiger partial charge in [0.25, 0.3) is 5.91 Å². The molecule has 2 aromatic rings. The van der Waals surface area contributed by atoms with Gasteiger partial charge in [0.15, 0.2) is 0 Å². The molecule has 1 N–H and O–H groups in total. The first kappa shape index (κ1) is 21.5. The predicted molar refractivity (Wildman–Crippen MR) is 108 cm³/mol. The Kier molecular flexibility index (Phi) is 7.03. The number of benzene rings is 2. The summed E-state index contributed by atoms with van der Waals surface area (Å²) in [5.41, 5.74) is 0.638. The summed E-state index contributed by atoms with van der Waals surface area (Å²) in [5.74, 6) is -0.355. The van der Waals surface area contributed by atoms with E-state index >= 15 is 0 Å². The van der Waals surface area contributed by atoms with Gasteiger partial charge in [0.05, 0.1) is 5.56 Å². The number of amides is 1. The minimum atomic E-state index is -4.40. The summed E-state index contributed by atoms with van der Waals surface area (Å²) in [7, 11) is 0. The van der Waals surface area contributed by atoms with Gasteiger partial charge in [0.1, 0.15) is 0 Å². The van der Waals surface area contributed by atoms with Crippen molar-refractivity contribution in [1.82, 2.24) is 10.2 Å². The van der Waals surface area contributed by atoms with Gasteiger partial charge in [-0.15, -0.1) is 0 Å². The van der Waals surface area contributed by atoms with Crippen LogP contribution in [0.25, 0.3) is 0 Å². The number of halogens is 4. The van der Waals surface area contributed by atoms with Crippen LogP contribution < -0.4 is 10.2 Å². The third kappa shape index (κ3) is 6.11. The van der Waals surface area contributed by atoms with E-state index < -0.39 is 11.7 Å². The van der Waals surface area contributed by atoms with E-state index in [1.54, 1.807) is 0 Å². The van der Waals surface area contributed by atoms with Crippen LogP contribution in [0.5, 0.6) is 0 Å². The van der Waals surface area contributed by atoms with Crippen molar-refractivity contribution >= 4 is 23.2 Å². The third-order valence-electron chi connectivity index (χ3n) is 4.98. The van der Waals surface area contributed by atoms with Crippen molar-refractivity contribution in [3.63, 3.8) is 0 Å². The maximum Gasteiger partial charge on any atom is 0.416 e. The highest BCUT2D eigenvalue weighted by Gasteiger charge is 2.30. The van der Waals surface area contributed by atoms with Crippen molar-refractivity contribution in [3.8, 4) is 0 Å². The number of anilines is 1. The molecule has 0 aliphatic carbocycles. The van der Waals surface area contributed by atoms with Crippen molar-refractivity contribution < 1.29 is 18.0 Å². The zero-order chi connectivity index (χ0) is 20.9. The van der Waals surface area contributed by atoms with Gasteiger partial charge < -0.3 is 10.2 Å². The van der Waals surface area contributed by atoms with Gasteiger partial charge >= 0.3 is 6.18 Å². The molecule has 1 saturated heterocycles. The topological polar surface area (TPSA) is 35.6 Å². The molecule has 0 bridgehead atoms. The second kappa shape index (κ2) is 9.50. The van der Waals surface area contributed by atoms with Crippen LogP contribution in [0.3, 0.4) is 0 Å². The molecule has 2 aromatic carbocycles. The lowest BCUT2D eigenvalue weighted by Gasteiger charge is -2.36. The first-order valence-corrected chi connectivity index (χ1v) is 9.89. The molecule has 0 radical (unpaired) electrons. The number of nitrogens with zero attached hydrogens (tertiary/aromatic N) is 2. The molecule has 156 valence electrons. The molecule has 0 aromatic heterocycles. The highest BCUT2D eigenvalue weighted by molar-refractivity contribution is 6.30. The van der Waals surface area contributed by atoms with Crippen LogP contribution in [0.1, 0.15) is 22.3 Å². The summed E-state index contributed by atoms with van der Waals surface area (Å²) in [6.45, 7) is 5.09. The molecule has 0 saturated carbocycles. The van der Waals surface area contributed by atoms with Gasteiger partial charge in [-0.05, 0) is 61.5 Å². The normalized spacial score (nSPS) is 15.4. The number of hydrogen-bond acceptors (Lipinski definition) is 3. The second-order valence-electron chi connectivity index (χ2n) is 6.99. The summed E-state index contributed by atoms with van der Waals surface area (Å²) in [5, 5.41) is 3.49. The molecule has 4 nitrogen and oxygen atoms in total. The maximum absolute atomic E-state index is 12.6. The zero-order valence-corrected chi connectivity index (χ0v) is 16.6. The van der Waals surface area contributed by atoms with Crippen molar-refractivity contribution in [2.45, 2.75) is 12.6 Å². The average molecular weight is 426 g/mol. The Morgan fingerprint density at radius 1 is 0.966 bits per heavy atom. The Bertz CT molecular complexity index is 801. The number of carbonyl (C=O) groups is 1. The standard InChI is InChI=1S/C21H23ClF3N3O/c22-18-6-8-19(9-7-18)28-14-12-27(13-15-28)11-1-10-26-20(29)16-2-4-17(5-3-16)21(23,24)25/h2-9H,1,10-15H2,(H,26,29). The largest absolute Gasteiger partial charge is 0.416 e. The first-order chi connectivity index (χ1) is 13.8. The van der Waals surface area contributed by atoms with Crippen LogP contribution in [0.4, 0.5) is 18.9 Å². The Morgan fingerprint density at radius 3 is 2.17 bits per heavy atom. The van der Waals surface area contributed by atoms with Gasteiger partial charge in [0.2, 0.25) is 0 Å². The van der Waals surface area contributed by atoms with Crippen LogP contribution in [0.2, 0.25) is 5.02 Å². The van der Waals surface area contributed by atoms with Crippen LogP contribution in [-0.4, -0.2) is 50.1 Å². The highest BCUT2D eigenvalue weighted by Crippen LogP contribution is 2.29. The Balaban J connectivity index is 1.35. The van der Waals surface area contributed by atoms with Gasteiger partial charge in [0, 0.05) is 49.0 Å². The lowest BCUT2D eigenvalue weighted by molar-refractivity contribution is -0.137. The SMILES string of the molecule is O=C(NCCCN1CCN(c2ccc(Cl)cc2)CC1)c1ccc(C(F)(F)F)cc1. The lowest BCUT2D eigenvalue weighted by atomic mass is 10.1. The molecule has 8 heteroatoms. The Morgan fingerprint density at radius 2 is 1.59 bits per heavy atom. The Labute approximate surface area is 173 Å². The molecular formula is C21H23ClF3N3O. The average Bonchev–Trinajstić information content (AvgIpc) is 2.71. The van der Waals surface area contributed by atoms with Crippen molar-refractivity contribution in [2.24, 2.45) is 0 Å². The van der Waals surface area contributed by atoms with Crippen molar-refractivity contribution in [3.05, 3.63) is 64.7 Å². The third-order valence-corrected chi connectivity index (χ3v) is 5.23. The van der Waals surface area contributed by atoms with Gasteiger partial charge in [-0.25, -0.2) is 0 Å². The van der Waals surface area contributed by atoms with Crippen molar-refractivity contribution in [2.75, 3.05) is 44.2 Å². The fourth-order valence-corrected chi connectivity index (χ4v) is 3.42. The second-order valence-corrected chi connectivity index (χ2v) is 7.43. The van der Waals surface area contributed by atoms with E-state index in [2.05, 4.69) is 15.1 Å². The first-order valence-electron chi connectivity index (χ1n) is 9.51. The van der Waals surface area contributed by atoms with E-state index in [1.165, 1.54) is 12.1 Å². The highest BCUT2D eigenvalue weighted by atomic mass is 35.5. The summed E-state index contributed by atoms with van der Waals surface area (Å²) in [4.78, 5) is 16.7. The Hall–Kier alpha value is -2.25. The predicted octanol–water partition coefficient (Wildman–Crippen LogP) is 4.30. The van der Waals surface area contributed by atoms with Crippen LogP contribution in [-0.2, 0) is 6.18 Å². The summed E-state index contributed by atoms with van der Waals surface area (Å²) in [6.07, 6.45) is -3.61. The van der Waals surface area contributed by atoms with E-state index in [9.17, 15) is 18.0 Å². The minimum absolute atomic E-state index is 0.231. The van der Waals surface area contributed by atoms with E-state index in [1.807, 2.05) is 24.3 Å². The number of piperazine rings is 1. The van der Waals surface area contributed by atoms with E-state index in [-0.39, 0.29) is 11.5 Å². The maximum atomic E-state index is 12.6. The van der Waals surface area contributed by atoms with Crippen LogP contribution in [0, 0.1) is 0 Å². The summed E-state index contributed by atoms with van der Waals surface area (Å²) >= 11 is 5.93. The molecule has 1 fully saturated rings. The van der Waals surface area contributed by atoms with Crippen LogP contribution >= 0.6 is 11.6 Å². The van der Waals surface area contributed by atoms with E-state index in [0.29, 0.717) is 6.54 Å². The molecule has 29 heavy (non-hydrogen) atoms. The van der Waals surface area contributed by atoms with E-state index in [4.69, 9.17) is 11.6 Å². The molecule has 1 aliphatic heterocycles. The fraction of sp³-hybridized carbons (Fsp3) is 0.381. The number of rotatable bonds is 6. The minimum Gasteiger partial charge on any atom is -0.369 e. The molecule has 1 amide bonds. The quantitative estimate of drug-likeness (QED) is 0.701. The molecule has 3 rings (SSSR count). The van der Waals surface area contributed by atoms with Gasteiger partial charge in [-0.2, -0.15) is 13.2 Å². The molecular weight excluding hydrogens is 403 g/mol. The van der Waals surface area contributed by atoms with Crippen molar-refractivity contribution in [1.29, 1.82) is 0 Å². The summed E-state index contributed by atoms with van der Waals surface area (Å²) in [6, 6.07) is 12.1. The molecule has 1 heterocycles. The van der Waals surface area contributed by atoms with Crippen LogP contribution in [0.15, 0.2) is 48.5 Å². The zero-order valence-electron chi connectivity index (χ0n) is 15.9. The molecule has 0 unspecified atom stereocenters. The number of nitrogens with one attached hydrogen (secondary N) is 1. The molecule has 0 atom stereocenters. The monoisotopic (exact) mass is 425 g/mol. The smallest absolute Gasteiger partial charge is 0.369 e. The molecule has 0 spiro atoms.